The summed E-state index contributed by atoms with van der Waals surface area (Å²) in [6, 6.07) is 2.44. The molecular weight excluding hydrogens is 216 g/mol. The first kappa shape index (κ1) is 12.3. The maximum Gasteiger partial charge on any atom is 0.156 e. The fraction of sp³-hybridized carbons (Fsp3) is 0.667. The number of hydrogen-bond donors (Lipinski definition) is 1. The number of aliphatic hydroxyl groups excluding tert-OH is 1. The smallest absolute Gasteiger partial charge is 0.156 e. The third-order valence-corrected chi connectivity index (χ3v) is 3.43. The Bertz CT molecular complexity index is 363. The lowest BCUT2D eigenvalue weighted by atomic mass is 10.0. The predicted octanol–water partition coefficient (Wildman–Crippen LogP) is 0.499. The van der Waals surface area contributed by atoms with Crippen LogP contribution in [0.2, 0.25) is 0 Å². The molecule has 1 saturated heterocycles. The van der Waals surface area contributed by atoms with Gasteiger partial charge in [-0.25, -0.2) is 9.97 Å². The Morgan fingerprint density at radius 2 is 2.18 bits per heavy atom. The van der Waals surface area contributed by atoms with Gasteiger partial charge in [-0.15, -0.1) is 0 Å². The molecule has 0 unspecified atom stereocenters. The molecule has 2 rings (SSSR count). The van der Waals surface area contributed by atoms with Crippen molar-refractivity contribution in [2.24, 2.45) is 0 Å². The summed E-state index contributed by atoms with van der Waals surface area (Å²) in [4.78, 5) is 12.9. The Morgan fingerprint density at radius 3 is 2.82 bits per heavy atom. The second kappa shape index (κ2) is 5.42. The molecule has 1 N–H and O–H groups in total. The number of aliphatic hydroxyl groups is 1. The highest BCUT2D eigenvalue weighted by Crippen LogP contribution is 2.19. The summed E-state index contributed by atoms with van der Waals surface area (Å²) < 4.78 is 0. The van der Waals surface area contributed by atoms with Crippen molar-refractivity contribution in [3.63, 3.8) is 0 Å². The summed E-state index contributed by atoms with van der Waals surface area (Å²) in [5.41, 5.74) is 0. The molecule has 1 fully saturated rings. The first-order valence-corrected chi connectivity index (χ1v) is 6.05. The summed E-state index contributed by atoms with van der Waals surface area (Å²) in [6.07, 6.45) is 4.02. The second-order valence-electron chi connectivity index (χ2n) is 4.63. The van der Waals surface area contributed by atoms with E-state index < -0.39 is 0 Å². The maximum absolute atomic E-state index is 9.04. The molecule has 0 spiro atoms. The van der Waals surface area contributed by atoms with E-state index in [1.54, 1.807) is 6.20 Å². The second-order valence-corrected chi connectivity index (χ2v) is 4.63. The van der Waals surface area contributed by atoms with Crippen molar-refractivity contribution >= 4 is 5.82 Å². The Labute approximate surface area is 102 Å². The fourth-order valence-electron chi connectivity index (χ4n) is 2.23. The number of hydrogen-bond acceptors (Lipinski definition) is 5. The van der Waals surface area contributed by atoms with Crippen molar-refractivity contribution in [3.8, 4) is 0 Å². The lowest BCUT2D eigenvalue weighted by molar-refractivity contribution is 0.252. The minimum Gasteiger partial charge on any atom is -0.388 e. The summed E-state index contributed by atoms with van der Waals surface area (Å²) in [6.45, 7) is 2.16. The topological polar surface area (TPSA) is 52.5 Å². The molecule has 1 aliphatic rings. The third kappa shape index (κ3) is 2.92. The Hall–Kier alpha value is -1.20. The molecule has 2 heterocycles. The van der Waals surface area contributed by atoms with Crippen LogP contribution in [-0.4, -0.2) is 53.2 Å². The Morgan fingerprint density at radius 1 is 1.47 bits per heavy atom. The van der Waals surface area contributed by atoms with Crippen molar-refractivity contribution in [1.29, 1.82) is 0 Å². The van der Waals surface area contributed by atoms with Crippen molar-refractivity contribution in [2.75, 3.05) is 32.1 Å². The van der Waals surface area contributed by atoms with Gasteiger partial charge in [0.2, 0.25) is 0 Å². The zero-order valence-electron chi connectivity index (χ0n) is 10.5. The molecular formula is C12H20N4O. The van der Waals surface area contributed by atoms with Crippen LogP contribution in [0.3, 0.4) is 0 Å². The van der Waals surface area contributed by atoms with E-state index in [2.05, 4.69) is 33.9 Å². The van der Waals surface area contributed by atoms with E-state index in [0.717, 1.165) is 31.7 Å². The summed E-state index contributed by atoms with van der Waals surface area (Å²) in [5, 5.41) is 9.04. The predicted molar refractivity (Wildman–Crippen MR) is 66.9 cm³/mol. The number of anilines is 1. The summed E-state index contributed by atoms with van der Waals surface area (Å²) >= 11 is 0. The summed E-state index contributed by atoms with van der Waals surface area (Å²) in [5.74, 6) is 1.39. The van der Waals surface area contributed by atoms with Gasteiger partial charge in [0.25, 0.3) is 0 Å². The van der Waals surface area contributed by atoms with E-state index in [4.69, 9.17) is 5.11 Å². The number of nitrogens with zero attached hydrogens (tertiary/aromatic N) is 4. The highest BCUT2D eigenvalue weighted by atomic mass is 16.3. The number of likely N-dealkylation sites (tertiary alicyclic amines) is 1. The van der Waals surface area contributed by atoms with Crippen molar-refractivity contribution in [3.05, 3.63) is 18.1 Å². The van der Waals surface area contributed by atoms with Gasteiger partial charge in [0.15, 0.2) is 5.82 Å². The van der Waals surface area contributed by atoms with Crippen LogP contribution >= 0.6 is 0 Å². The highest BCUT2D eigenvalue weighted by molar-refractivity contribution is 5.37. The lowest BCUT2D eigenvalue weighted by Crippen LogP contribution is -2.42. The molecule has 0 saturated carbocycles. The maximum atomic E-state index is 9.04. The molecule has 0 atom stereocenters. The van der Waals surface area contributed by atoms with Crippen LogP contribution < -0.4 is 4.90 Å². The molecule has 0 amide bonds. The third-order valence-electron chi connectivity index (χ3n) is 3.43. The zero-order chi connectivity index (χ0) is 12.3. The standard InChI is InChI=1S/C12H20N4O/c1-15-7-4-10(5-8-15)16(2)12-3-6-13-11(9-17)14-12/h3,6,10,17H,4-5,7-9H2,1-2H3. The molecule has 94 valence electrons. The van der Waals surface area contributed by atoms with Gasteiger partial charge in [-0.2, -0.15) is 0 Å². The van der Waals surface area contributed by atoms with E-state index in [9.17, 15) is 0 Å². The molecule has 0 aromatic carbocycles. The largest absolute Gasteiger partial charge is 0.388 e. The molecule has 0 radical (unpaired) electrons. The molecule has 0 aliphatic carbocycles. The lowest BCUT2D eigenvalue weighted by Gasteiger charge is -2.35. The van der Waals surface area contributed by atoms with Gasteiger partial charge < -0.3 is 14.9 Å². The van der Waals surface area contributed by atoms with Crippen molar-refractivity contribution in [1.82, 2.24) is 14.9 Å². The summed E-state index contributed by atoms with van der Waals surface area (Å²) in [7, 11) is 4.23. The van der Waals surface area contributed by atoms with Gasteiger partial charge >= 0.3 is 0 Å². The molecule has 1 aliphatic heterocycles. The SMILES string of the molecule is CN1CCC(N(C)c2ccnc(CO)n2)CC1. The van der Waals surface area contributed by atoms with Crippen LogP contribution in [0, 0.1) is 0 Å². The Balaban J connectivity index is 2.05. The van der Waals surface area contributed by atoms with Crippen LogP contribution in [0.1, 0.15) is 18.7 Å². The number of aromatic nitrogens is 2. The van der Waals surface area contributed by atoms with E-state index >= 15 is 0 Å². The molecule has 1 aromatic heterocycles. The van der Waals surface area contributed by atoms with Crippen LogP contribution in [0.15, 0.2) is 12.3 Å². The molecule has 5 nitrogen and oxygen atoms in total. The zero-order valence-corrected chi connectivity index (χ0v) is 10.5. The van der Waals surface area contributed by atoms with E-state index in [1.807, 2.05) is 6.07 Å². The average molecular weight is 236 g/mol. The molecule has 17 heavy (non-hydrogen) atoms. The van der Waals surface area contributed by atoms with E-state index in [0.29, 0.717) is 11.9 Å². The molecule has 0 bridgehead atoms. The first-order chi connectivity index (χ1) is 8.20. The molecule has 1 aromatic rings. The Kier molecular flexibility index (Phi) is 3.91. The normalized spacial score (nSPS) is 18.3. The minimum absolute atomic E-state index is 0.102. The van der Waals surface area contributed by atoms with Gasteiger partial charge in [-0.1, -0.05) is 0 Å². The first-order valence-electron chi connectivity index (χ1n) is 6.05. The average Bonchev–Trinajstić information content (AvgIpc) is 2.39. The van der Waals surface area contributed by atoms with Crippen LogP contribution in [0.4, 0.5) is 5.82 Å². The van der Waals surface area contributed by atoms with Crippen LogP contribution in [0.25, 0.3) is 0 Å². The van der Waals surface area contributed by atoms with Gasteiger partial charge in [0.05, 0.1) is 0 Å². The highest BCUT2D eigenvalue weighted by Gasteiger charge is 2.21. The van der Waals surface area contributed by atoms with Gasteiger partial charge in [0.1, 0.15) is 12.4 Å². The van der Waals surface area contributed by atoms with E-state index in [-0.39, 0.29) is 6.61 Å². The van der Waals surface area contributed by atoms with Crippen LogP contribution in [-0.2, 0) is 6.61 Å². The number of piperidine rings is 1. The quantitative estimate of drug-likeness (QED) is 0.828. The van der Waals surface area contributed by atoms with Crippen molar-refractivity contribution in [2.45, 2.75) is 25.5 Å². The minimum atomic E-state index is -0.102. The van der Waals surface area contributed by atoms with Crippen molar-refractivity contribution < 1.29 is 5.11 Å². The van der Waals surface area contributed by atoms with E-state index in [1.165, 1.54) is 0 Å². The fourth-order valence-corrected chi connectivity index (χ4v) is 2.23. The number of rotatable bonds is 3. The van der Waals surface area contributed by atoms with Gasteiger partial charge in [0, 0.05) is 19.3 Å². The van der Waals surface area contributed by atoms with Crippen LogP contribution in [0.5, 0.6) is 0 Å². The molecule has 5 heteroatoms. The van der Waals surface area contributed by atoms with Gasteiger partial charge in [-0.05, 0) is 39.0 Å². The monoisotopic (exact) mass is 236 g/mol. The van der Waals surface area contributed by atoms with Gasteiger partial charge in [-0.3, -0.25) is 0 Å².